The largest absolute Gasteiger partial charge is 0.352 e. The molecule has 0 radical (unpaired) electrons. The Balaban J connectivity index is 1.11. The fourth-order valence-corrected chi connectivity index (χ4v) is 11.3. The van der Waals surface area contributed by atoms with Gasteiger partial charge in [-0.3, -0.25) is 0 Å². The van der Waals surface area contributed by atoms with E-state index in [1.807, 2.05) is 11.3 Å². The smallest absolute Gasteiger partial charge is 0.0822 e. The lowest BCUT2D eigenvalue weighted by Gasteiger charge is -2.40. The summed E-state index contributed by atoms with van der Waals surface area (Å²) in [5.41, 5.74) is 13.7. The summed E-state index contributed by atoms with van der Waals surface area (Å²) < 4.78 is 5.19. The van der Waals surface area contributed by atoms with Crippen LogP contribution < -0.4 is 4.90 Å². The number of thiophene rings is 1. The average molecular weight is 721 g/mol. The van der Waals surface area contributed by atoms with Gasteiger partial charge in [-0.25, -0.2) is 0 Å². The van der Waals surface area contributed by atoms with E-state index in [-0.39, 0.29) is 11.6 Å². The normalized spacial score (nSPS) is 17.6. The van der Waals surface area contributed by atoms with Crippen molar-refractivity contribution in [2.24, 2.45) is 0 Å². The van der Waals surface area contributed by atoms with Gasteiger partial charge in [0, 0.05) is 42.3 Å². The molecule has 3 heteroatoms. The van der Waals surface area contributed by atoms with Crippen molar-refractivity contribution in [1.82, 2.24) is 4.57 Å². The predicted octanol–water partition coefficient (Wildman–Crippen LogP) is 14.2. The highest BCUT2D eigenvalue weighted by Crippen LogP contribution is 2.52. The number of hydrogen-bond donors (Lipinski definition) is 0. The first kappa shape index (κ1) is 31.0. The molecular formula is C52H36N2S. The highest BCUT2D eigenvalue weighted by Gasteiger charge is 2.42. The molecule has 10 aromatic rings. The second kappa shape index (κ2) is 11.3. The standard InChI is InChI=1S/C52H36N2S/c1-32-44(33-14-5-3-6-15-33)31-52(2,35-17-7-4-8-18-35)54(32)37-20-12-19-36(28-37)53-45-24-13-23-40-42-30-48-43(38-21-9-10-25-47(38)55-48)29-41(42)39-22-11-16-34-26-27-46(53)51(49(34)39)50(40)45/h3-32H,1-2H3. The lowest BCUT2D eigenvalue weighted by Crippen LogP contribution is -2.43. The van der Waals surface area contributed by atoms with Crippen LogP contribution in [-0.4, -0.2) is 10.6 Å². The van der Waals surface area contributed by atoms with Crippen LogP contribution in [0.5, 0.6) is 0 Å². The van der Waals surface area contributed by atoms with Gasteiger partial charge in [0.1, 0.15) is 0 Å². The highest BCUT2D eigenvalue weighted by molar-refractivity contribution is 7.25. The van der Waals surface area contributed by atoms with Crippen molar-refractivity contribution >= 4 is 75.3 Å². The quantitative estimate of drug-likeness (QED) is 0.176. The molecule has 260 valence electrons. The summed E-state index contributed by atoms with van der Waals surface area (Å²) >= 11 is 1.90. The monoisotopic (exact) mass is 720 g/mol. The number of rotatable bonds is 4. The van der Waals surface area contributed by atoms with Crippen LogP contribution in [0.4, 0.5) is 5.69 Å². The van der Waals surface area contributed by atoms with Crippen molar-refractivity contribution in [3.63, 3.8) is 0 Å². The van der Waals surface area contributed by atoms with Gasteiger partial charge < -0.3 is 9.47 Å². The van der Waals surface area contributed by atoms with E-state index in [0.717, 1.165) is 0 Å². The Morgan fingerprint density at radius 2 is 1.20 bits per heavy atom. The van der Waals surface area contributed by atoms with Gasteiger partial charge in [0.15, 0.2) is 0 Å². The van der Waals surface area contributed by atoms with E-state index in [9.17, 15) is 0 Å². The number of benzene rings is 8. The first-order chi connectivity index (χ1) is 27.1. The Morgan fingerprint density at radius 1 is 0.509 bits per heavy atom. The maximum Gasteiger partial charge on any atom is 0.0822 e. The van der Waals surface area contributed by atoms with Crippen LogP contribution in [0.3, 0.4) is 0 Å². The van der Waals surface area contributed by atoms with E-state index in [1.165, 1.54) is 103 Å². The van der Waals surface area contributed by atoms with Gasteiger partial charge in [-0.2, -0.15) is 0 Å². The molecule has 8 aromatic carbocycles. The minimum atomic E-state index is -0.341. The molecule has 1 aliphatic heterocycles. The Hall–Kier alpha value is -6.42. The second-order valence-electron chi connectivity index (χ2n) is 15.4. The molecule has 0 saturated carbocycles. The van der Waals surface area contributed by atoms with E-state index in [4.69, 9.17) is 0 Å². The predicted molar refractivity (Wildman–Crippen MR) is 236 cm³/mol. The van der Waals surface area contributed by atoms with Crippen LogP contribution in [0, 0.1) is 0 Å². The van der Waals surface area contributed by atoms with Crippen molar-refractivity contribution in [3.8, 4) is 27.9 Å². The lowest BCUT2D eigenvalue weighted by atomic mass is 9.90. The molecule has 12 rings (SSSR count). The van der Waals surface area contributed by atoms with Crippen molar-refractivity contribution in [2.45, 2.75) is 25.4 Å². The van der Waals surface area contributed by atoms with E-state index in [0.29, 0.717) is 0 Å². The fourth-order valence-electron chi connectivity index (χ4n) is 10.1. The maximum absolute atomic E-state index is 2.62. The van der Waals surface area contributed by atoms with Gasteiger partial charge in [-0.05, 0) is 118 Å². The van der Waals surface area contributed by atoms with E-state index in [1.54, 1.807) is 0 Å². The van der Waals surface area contributed by atoms with Crippen molar-refractivity contribution in [1.29, 1.82) is 0 Å². The zero-order valence-electron chi connectivity index (χ0n) is 30.6. The molecular weight excluding hydrogens is 685 g/mol. The van der Waals surface area contributed by atoms with Crippen molar-refractivity contribution in [3.05, 3.63) is 187 Å². The van der Waals surface area contributed by atoms with Crippen molar-refractivity contribution < 1.29 is 0 Å². The summed E-state index contributed by atoms with van der Waals surface area (Å²) in [4.78, 5) is 2.62. The SMILES string of the molecule is CC1C(c2ccccc2)=CC(C)(c2ccccc2)N1c1cccc(-n2c3cccc4c3c3c5c(cccc5ccc32)-c2cc3c(cc2-4)sc2ccccc23)c1. The maximum atomic E-state index is 2.62. The summed E-state index contributed by atoms with van der Waals surface area (Å²) in [6.45, 7) is 4.73. The molecule has 0 bridgehead atoms. The lowest BCUT2D eigenvalue weighted by molar-refractivity contribution is 0.550. The number of aromatic nitrogens is 1. The van der Waals surface area contributed by atoms with E-state index >= 15 is 0 Å². The topological polar surface area (TPSA) is 8.17 Å². The minimum Gasteiger partial charge on any atom is -0.352 e. The van der Waals surface area contributed by atoms with Gasteiger partial charge in [-0.1, -0.05) is 121 Å². The van der Waals surface area contributed by atoms with Crippen LogP contribution in [0.1, 0.15) is 25.0 Å². The van der Waals surface area contributed by atoms with Gasteiger partial charge >= 0.3 is 0 Å². The molecule has 3 heterocycles. The minimum absolute atomic E-state index is 0.159. The molecule has 0 spiro atoms. The van der Waals surface area contributed by atoms with Crippen LogP contribution in [0.2, 0.25) is 0 Å². The first-order valence-corrected chi connectivity index (χ1v) is 20.1. The molecule has 55 heavy (non-hydrogen) atoms. The second-order valence-corrected chi connectivity index (χ2v) is 16.5. The molecule has 2 aliphatic rings. The summed E-state index contributed by atoms with van der Waals surface area (Å²) in [5, 5.41) is 7.96. The molecule has 2 unspecified atom stereocenters. The third kappa shape index (κ3) is 4.25. The fraction of sp³-hybridized carbons (Fsp3) is 0.0769. The van der Waals surface area contributed by atoms with Gasteiger partial charge in [-0.15, -0.1) is 11.3 Å². The zero-order valence-corrected chi connectivity index (χ0v) is 31.4. The van der Waals surface area contributed by atoms with Crippen molar-refractivity contribution in [2.75, 3.05) is 4.90 Å². The Bertz CT molecular complexity index is 3240. The number of fused-ring (bicyclic) bond motifs is 6. The summed E-state index contributed by atoms with van der Waals surface area (Å²) in [7, 11) is 0. The van der Waals surface area contributed by atoms with E-state index < -0.39 is 0 Å². The molecule has 1 aliphatic carbocycles. The molecule has 0 fully saturated rings. The summed E-state index contributed by atoms with van der Waals surface area (Å²) in [5.74, 6) is 0. The molecule has 2 aromatic heterocycles. The van der Waals surface area contributed by atoms with Gasteiger partial charge in [0.2, 0.25) is 0 Å². The van der Waals surface area contributed by atoms with Crippen LogP contribution >= 0.6 is 11.3 Å². The number of hydrogen-bond acceptors (Lipinski definition) is 2. The van der Waals surface area contributed by atoms with Gasteiger partial charge in [0.25, 0.3) is 0 Å². The van der Waals surface area contributed by atoms with Crippen LogP contribution in [0.25, 0.3) is 86.3 Å². The highest BCUT2D eigenvalue weighted by atomic mass is 32.1. The third-order valence-electron chi connectivity index (χ3n) is 12.5. The average Bonchev–Trinajstić information content (AvgIpc) is 3.84. The van der Waals surface area contributed by atoms with E-state index in [2.05, 4.69) is 199 Å². The Morgan fingerprint density at radius 3 is 2.05 bits per heavy atom. The van der Waals surface area contributed by atoms with Crippen LogP contribution in [-0.2, 0) is 5.54 Å². The summed E-state index contributed by atoms with van der Waals surface area (Å²) in [6, 6.07) is 63.5. The molecule has 2 nitrogen and oxygen atoms in total. The third-order valence-corrected chi connectivity index (χ3v) is 13.6. The number of anilines is 1. The molecule has 0 N–H and O–H groups in total. The van der Waals surface area contributed by atoms with Gasteiger partial charge in [0.05, 0.1) is 22.6 Å². The summed E-state index contributed by atoms with van der Waals surface area (Å²) in [6.07, 6.45) is 2.49. The molecule has 0 amide bonds. The molecule has 0 saturated heterocycles. The Labute approximate surface area is 323 Å². The van der Waals surface area contributed by atoms with Crippen LogP contribution in [0.15, 0.2) is 176 Å². The first-order valence-electron chi connectivity index (χ1n) is 19.3. The number of nitrogens with zero attached hydrogens (tertiary/aromatic N) is 2. The molecule has 2 atom stereocenters. The zero-order chi connectivity index (χ0) is 36.4. The Kier molecular flexibility index (Phi) is 6.37.